The van der Waals surface area contributed by atoms with Gasteiger partial charge in [0.05, 0.1) is 0 Å². The molecule has 0 bridgehead atoms. The monoisotopic (exact) mass is 456 g/mol. The van der Waals surface area contributed by atoms with Crippen LogP contribution in [0.3, 0.4) is 0 Å². The highest BCUT2D eigenvalue weighted by Crippen LogP contribution is 2.45. The highest BCUT2D eigenvalue weighted by atomic mass is 28.4. The van der Waals surface area contributed by atoms with Gasteiger partial charge in [0, 0.05) is 13.2 Å². The third-order valence-electron chi connectivity index (χ3n) is 8.52. The molecule has 0 unspecified atom stereocenters. The molecule has 1 rings (SSSR count). The molecule has 0 saturated heterocycles. The highest BCUT2D eigenvalue weighted by molar-refractivity contribution is 6.78. The average Bonchev–Trinajstić information content (AvgIpc) is 2.62. The van der Waals surface area contributed by atoms with Crippen LogP contribution in [0.4, 0.5) is 0 Å². The van der Waals surface area contributed by atoms with Gasteiger partial charge in [-0.2, -0.15) is 0 Å². The van der Waals surface area contributed by atoms with E-state index in [0.717, 1.165) is 25.0 Å². The maximum absolute atomic E-state index is 6.91. The van der Waals surface area contributed by atoms with Crippen LogP contribution in [0, 0.1) is 11.8 Å². The molecule has 0 aromatic heterocycles. The Bertz CT molecular complexity index is 390. The number of hydrogen-bond donors (Lipinski definition) is 0. The summed E-state index contributed by atoms with van der Waals surface area (Å²) >= 11 is 0. The Kier molecular flexibility index (Phi) is 11.4. The van der Waals surface area contributed by atoms with Crippen molar-refractivity contribution in [2.24, 2.45) is 11.8 Å². The molecule has 2 nitrogen and oxygen atoms in total. The lowest BCUT2D eigenvalue weighted by atomic mass is 9.83. The van der Waals surface area contributed by atoms with Crippen LogP contribution in [-0.4, -0.2) is 29.8 Å². The van der Waals surface area contributed by atoms with Crippen LogP contribution in [0.25, 0.3) is 0 Å². The molecule has 0 aromatic rings. The maximum atomic E-state index is 6.91. The van der Waals surface area contributed by atoms with E-state index in [-0.39, 0.29) is 0 Å². The van der Waals surface area contributed by atoms with Crippen molar-refractivity contribution < 1.29 is 8.85 Å². The van der Waals surface area contributed by atoms with Gasteiger partial charge in [0.2, 0.25) is 0 Å². The van der Waals surface area contributed by atoms with Gasteiger partial charge in [0.1, 0.15) is 0 Å². The number of rotatable bonds is 12. The standard InChI is InChI=1S/C26H56O2Si2/c1-19(2)29(20(3)4,21(5)6)27-17-25-13-15-26(16-14-25)18-28-30(22(7)8,23(9)10)24(11)12/h19-26H,13-18H2,1-12H3. The first-order valence-corrected chi connectivity index (χ1v) is 17.4. The Balaban J connectivity index is 2.63. The zero-order valence-electron chi connectivity index (χ0n) is 22.7. The fourth-order valence-electron chi connectivity index (χ4n) is 7.09. The first-order valence-electron chi connectivity index (χ1n) is 13.1. The molecule has 1 aliphatic carbocycles. The lowest BCUT2D eigenvalue weighted by Gasteiger charge is -2.44. The largest absolute Gasteiger partial charge is 0.416 e. The van der Waals surface area contributed by atoms with E-state index >= 15 is 0 Å². The summed E-state index contributed by atoms with van der Waals surface area (Å²) in [6.45, 7) is 30.8. The van der Waals surface area contributed by atoms with Crippen LogP contribution in [0.5, 0.6) is 0 Å². The summed E-state index contributed by atoms with van der Waals surface area (Å²) < 4.78 is 13.8. The zero-order chi connectivity index (χ0) is 23.3. The highest BCUT2D eigenvalue weighted by Gasteiger charge is 2.46. The van der Waals surface area contributed by atoms with Crippen LogP contribution < -0.4 is 0 Å². The third-order valence-corrected chi connectivity index (χ3v) is 20.7. The molecule has 0 heterocycles. The first kappa shape index (κ1) is 28.4. The molecule has 1 fully saturated rings. The molecular formula is C26H56O2Si2. The molecule has 4 heteroatoms. The molecule has 1 saturated carbocycles. The summed E-state index contributed by atoms with van der Waals surface area (Å²) in [7, 11) is -3.45. The first-order chi connectivity index (χ1) is 13.8. The van der Waals surface area contributed by atoms with Crippen molar-refractivity contribution in [3.05, 3.63) is 0 Å². The molecule has 0 spiro atoms. The summed E-state index contributed by atoms with van der Waals surface area (Å²) in [6.07, 6.45) is 5.30. The quantitative estimate of drug-likeness (QED) is 0.272. The Hall–Kier alpha value is 0.354. The fraction of sp³-hybridized carbons (Fsp3) is 1.00. The molecule has 30 heavy (non-hydrogen) atoms. The van der Waals surface area contributed by atoms with Gasteiger partial charge in [-0.25, -0.2) is 0 Å². The van der Waals surface area contributed by atoms with E-state index < -0.39 is 16.6 Å². The lowest BCUT2D eigenvalue weighted by Crippen LogP contribution is -2.49. The van der Waals surface area contributed by atoms with Crippen LogP contribution in [0.2, 0.25) is 33.2 Å². The van der Waals surface area contributed by atoms with Crippen molar-refractivity contribution in [2.45, 2.75) is 142 Å². The van der Waals surface area contributed by atoms with E-state index in [1.807, 2.05) is 0 Å². The van der Waals surface area contributed by atoms with E-state index in [1.54, 1.807) is 0 Å². The molecule has 0 aliphatic heterocycles. The van der Waals surface area contributed by atoms with Crippen molar-refractivity contribution in [1.29, 1.82) is 0 Å². The zero-order valence-corrected chi connectivity index (χ0v) is 24.7. The molecule has 1 aliphatic rings. The van der Waals surface area contributed by atoms with Gasteiger partial charge < -0.3 is 8.85 Å². The minimum atomic E-state index is -1.73. The molecule has 0 aromatic carbocycles. The smallest absolute Gasteiger partial charge is 0.200 e. The van der Waals surface area contributed by atoms with Gasteiger partial charge in [-0.3, -0.25) is 0 Å². The van der Waals surface area contributed by atoms with Crippen molar-refractivity contribution in [3.63, 3.8) is 0 Å². The van der Waals surface area contributed by atoms with Crippen LogP contribution in [0.15, 0.2) is 0 Å². The summed E-state index contributed by atoms with van der Waals surface area (Å²) in [5.41, 5.74) is 4.10. The van der Waals surface area contributed by atoms with Gasteiger partial charge in [-0.1, -0.05) is 83.1 Å². The van der Waals surface area contributed by atoms with Gasteiger partial charge in [0.15, 0.2) is 16.6 Å². The lowest BCUT2D eigenvalue weighted by molar-refractivity contribution is 0.132. The second-order valence-corrected chi connectivity index (χ2v) is 23.1. The Morgan fingerprint density at radius 2 is 0.667 bits per heavy atom. The van der Waals surface area contributed by atoms with Crippen LogP contribution in [-0.2, 0) is 8.85 Å². The van der Waals surface area contributed by atoms with Crippen molar-refractivity contribution in [1.82, 2.24) is 0 Å². The van der Waals surface area contributed by atoms with E-state index in [0.29, 0.717) is 33.2 Å². The molecule has 180 valence electrons. The van der Waals surface area contributed by atoms with Gasteiger partial charge in [-0.15, -0.1) is 0 Å². The van der Waals surface area contributed by atoms with Gasteiger partial charge in [0.25, 0.3) is 0 Å². The van der Waals surface area contributed by atoms with E-state index in [4.69, 9.17) is 8.85 Å². The topological polar surface area (TPSA) is 18.5 Å². The average molecular weight is 457 g/mol. The number of hydrogen-bond acceptors (Lipinski definition) is 2. The van der Waals surface area contributed by atoms with Crippen molar-refractivity contribution >= 4 is 16.6 Å². The van der Waals surface area contributed by atoms with E-state index in [2.05, 4.69) is 83.1 Å². The van der Waals surface area contributed by atoms with E-state index in [1.165, 1.54) is 25.7 Å². The van der Waals surface area contributed by atoms with Crippen LogP contribution in [0.1, 0.15) is 109 Å². The summed E-state index contributed by atoms with van der Waals surface area (Å²) in [4.78, 5) is 0. The third kappa shape index (κ3) is 6.23. The summed E-state index contributed by atoms with van der Waals surface area (Å²) in [6, 6.07) is 0. The summed E-state index contributed by atoms with van der Waals surface area (Å²) in [5, 5.41) is 0. The minimum Gasteiger partial charge on any atom is -0.416 e. The van der Waals surface area contributed by atoms with E-state index in [9.17, 15) is 0 Å². The Morgan fingerprint density at radius 3 is 0.833 bits per heavy atom. The summed E-state index contributed by atoms with van der Waals surface area (Å²) in [5.74, 6) is 1.51. The van der Waals surface area contributed by atoms with Crippen LogP contribution >= 0.6 is 0 Å². The predicted molar refractivity (Wildman–Crippen MR) is 139 cm³/mol. The van der Waals surface area contributed by atoms with Crippen molar-refractivity contribution in [3.8, 4) is 0 Å². The minimum absolute atomic E-state index is 0.684. The molecule has 0 atom stereocenters. The molecule has 0 radical (unpaired) electrons. The van der Waals surface area contributed by atoms with Gasteiger partial charge >= 0.3 is 0 Å². The second kappa shape index (κ2) is 12.0. The fourth-order valence-corrected chi connectivity index (χ4v) is 18.1. The SMILES string of the molecule is CC(C)[Si](OCC1CCC(CO[Si](C(C)C)(C(C)C)C(C)C)CC1)(C(C)C)C(C)C. The Labute approximate surface area is 192 Å². The van der Waals surface area contributed by atoms with Crippen molar-refractivity contribution in [2.75, 3.05) is 13.2 Å². The maximum Gasteiger partial charge on any atom is 0.200 e. The molecular weight excluding hydrogens is 400 g/mol. The predicted octanol–water partition coefficient (Wildman–Crippen LogP) is 9.18. The second-order valence-electron chi connectivity index (χ2n) is 12.1. The Morgan fingerprint density at radius 1 is 0.467 bits per heavy atom. The normalized spacial score (nSPS) is 21.8. The molecule has 0 N–H and O–H groups in total. The van der Waals surface area contributed by atoms with Gasteiger partial charge in [-0.05, 0) is 70.8 Å². The molecule has 0 amide bonds.